The number of unbranched alkanes of at least 4 members (excludes halogenated alkanes) is 3. The van der Waals surface area contributed by atoms with Crippen molar-refractivity contribution in [2.45, 2.75) is 90.4 Å². The lowest BCUT2D eigenvalue weighted by molar-refractivity contribution is 0.113. The monoisotopic (exact) mass is 430 g/mol. The van der Waals surface area contributed by atoms with Crippen LogP contribution in [0.1, 0.15) is 106 Å². The van der Waals surface area contributed by atoms with Crippen molar-refractivity contribution in [3.8, 4) is 11.8 Å². The molecule has 2 aromatic rings. The third-order valence-electron chi connectivity index (χ3n) is 8.05. The average Bonchev–Trinajstić information content (AvgIpc) is 2.81. The number of hydrogen-bond donors (Lipinski definition) is 0. The minimum absolute atomic E-state index is 0.167. The zero-order chi connectivity index (χ0) is 22.3. The SMILES string of the molecule is CCCCCCC1CCC2CC(c3ccc(C#Cc4ccc(C)cc4)c(F)c3)CCC2C1. The van der Waals surface area contributed by atoms with Crippen molar-refractivity contribution in [2.24, 2.45) is 17.8 Å². The van der Waals surface area contributed by atoms with Crippen molar-refractivity contribution >= 4 is 0 Å². The maximum absolute atomic E-state index is 14.8. The van der Waals surface area contributed by atoms with Crippen LogP contribution in [0.15, 0.2) is 42.5 Å². The molecule has 0 heterocycles. The van der Waals surface area contributed by atoms with Crippen molar-refractivity contribution in [3.05, 3.63) is 70.5 Å². The van der Waals surface area contributed by atoms with Crippen LogP contribution in [0.25, 0.3) is 0 Å². The van der Waals surface area contributed by atoms with E-state index >= 15 is 0 Å². The van der Waals surface area contributed by atoms with Gasteiger partial charge in [-0.2, -0.15) is 0 Å². The van der Waals surface area contributed by atoms with Gasteiger partial charge in [0, 0.05) is 5.56 Å². The number of rotatable bonds is 6. The fraction of sp³-hybridized carbons (Fsp3) is 0.548. The normalized spacial score (nSPS) is 25.0. The highest BCUT2D eigenvalue weighted by Crippen LogP contribution is 2.48. The van der Waals surface area contributed by atoms with Crippen LogP contribution in [0.3, 0.4) is 0 Å². The maximum atomic E-state index is 14.8. The van der Waals surface area contributed by atoms with Crippen LogP contribution in [0, 0.1) is 42.3 Å². The maximum Gasteiger partial charge on any atom is 0.139 e. The van der Waals surface area contributed by atoms with Crippen LogP contribution in [0.2, 0.25) is 0 Å². The molecule has 170 valence electrons. The molecule has 4 rings (SSSR count). The minimum Gasteiger partial charge on any atom is -0.206 e. The van der Waals surface area contributed by atoms with E-state index in [9.17, 15) is 4.39 Å². The van der Waals surface area contributed by atoms with Gasteiger partial charge in [-0.25, -0.2) is 4.39 Å². The summed E-state index contributed by atoms with van der Waals surface area (Å²) >= 11 is 0. The Balaban J connectivity index is 1.33. The Bertz CT molecular complexity index is 929. The molecule has 2 fully saturated rings. The van der Waals surface area contributed by atoms with E-state index in [2.05, 4.69) is 31.8 Å². The molecule has 4 unspecified atom stereocenters. The van der Waals surface area contributed by atoms with Gasteiger partial charge in [0.2, 0.25) is 0 Å². The van der Waals surface area contributed by atoms with Crippen LogP contribution >= 0.6 is 0 Å². The zero-order valence-corrected chi connectivity index (χ0v) is 20.0. The second-order valence-corrected chi connectivity index (χ2v) is 10.4. The molecule has 0 radical (unpaired) electrons. The molecular formula is C31H39F. The summed E-state index contributed by atoms with van der Waals surface area (Å²) < 4.78 is 14.8. The van der Waals surface area contributed by atoms with Crippen molar-refractivity contribution in [3.63, 3.8) is 0 Å². The van der Waals surface area contributed by atoms with Crippen LogP contribution < -0.4 is 0 Å². The first kappa shape index (κ1) is 23.1. The van der Waals surface area contributed by atoms with E-state index in [0.717, 1.165) is 23.3 Å². The fourth-order valence-corrected chi connectivity index (χ4v) is 6.07. The van der Waals surface area contributed by atoms with Crippen LogP contribution in [0.5, 0.6) is 0 Å². The van der Waals surface area contributed by atoms with Crippen LogP contribution in [-0.4, -0.2) is 0 Å². The first-order valence-electron chi connectivity index (χ1n) is 13.0. The summed E-state index contributed by atoms with van der Waals surface area (Å²) in [5, 5.41) is 0. The Morgan fingerprint density at radius 2 is 1.62 bits per heavy atom. The summed E-state index contributed by atoms with van der Waals surface area (Å²) in [7, 11) is 0. The van der Waals surface area contributed by atoms with Gasteiger partial charge in [-0.15, -0.1) is 0 Å². The number of halogens is 1. The molecule has 0 aliphatic heterocycles. The van der Waals surface area contributed by atoms with Crippen molar-refractivity contribution in [1.82, 2.24) is 0 Å². The molecule has 2 aliphatic rings. The standard InChI is InChI=1S/C31H39F/c1-3-4-5-6-7-25-13-15-28-21-29(19-18-27(28)20-25)30-17-16-26(31(32)22-30)14-12-24-10-8-23(2)9-11-24/h8-11,16-17,22,25,27-29H,3-7,13,15,18-21H2,1-2H3. The molecule has 2 saturated carbocycles. The van der Waals surface area contributed by atoms with Crippen LogP contribution in [0.4, 0.5) is 4.39 Å². The van der Waals surface area contributed by atoms with Gasteiger partial charge in [0.25, 0.3) is 0 Å². The van der Waals surface area contributed by atoms with E-state index in [-0.39, 0.29) is 5.82 Å². The molecule has 0 nitrogen and oxygen atoms in total. The van der Waals surface area contributed by atoms with Gasteiger partial charge in [-0.05, 0) is 92.5 Å². The van der Waals surface area contributed by atoms with E-state index in [1.165, 1.54) is 81.8 Å². The van der Waals surface area contributed by atoms with Gasteiger partial charge < -0.3 is 0 Å². The molecular weight excluding hydrogens is 391 g/mol. The van der Waals surface area contributed by atoms with Crippen LogP contribution in [-0.2, 0) is 0 Å². The Hall–Kier alpha value is -2.07. The summed E-state index contributed by atoms with van der Waals surface area (Å²) in [6.07, 6.45) is 15.1. The third kappa shape index (κ3) is 6.04. The number of fused-ring (bicyclic) bond motifs is 1. The molecule has 1 heteroatoms. The Kier molecular flexibility index (Phi) is 8.07. The molecule has 0 bridgehead atoms. The van der Waals surface area contributed by atoms with E-state index in [1.807, 2.05) is 30.3 Å². The molecule has 0 spiro atoms. The smallest absolute Gasteiger partial charge is 0.139 e. The molecule has 0 saturated heterocycles. The summed E-state index contributed by atoms with van der Waals surface area (Å²) in [6, 6.07) is 13.9. The van der Waals surface area contributed by atoms with Gasteiger partial charge in [0.1, 0.15) is 5.82 Å². The lowest BCUT2D eigenvalue weighted by Gasteiger charge is -2.42. The molecule has 0 aromatic heterocycles. The minimum atomic E-state index is -0.167. The Morgan fingerprint density at radius 1 is 0.844 bits per heavy atom. The lowest BCUT2D eigenvalue weighted by Crippen LogP contribution is -2.30. The third-order valence-corrected chi connectivity index (χ3v) is 8.05. The largest absolute Gasteiger partial charge is 0.206 e. The molecule has 2 aliphatic carbocycles. The van der Waals surface area contributed by atoms with Crippen molar-refractivity contribution in [2.75, 3.05) is 0 Å². The number of benzene rings is 2. The number of aryl methyl sites for hydroxylation is 1. The van der Waals surface area contributed by atoms with E-state index < -0.39 is 0 Å². The highest BCUT2D eigenvalue weighted by molar-refractivity contribution is 5.45. The second kappa shape index (κ2) is 11.2. The zero-order valence-electron chi connectivity index (χ0n) is 20.0. The highest BCUT2D eigenvalue weighted by atomic mass is 19.1. The van der Waals surface area contributed by atoms with E-state index in [4.69, 9.17) is 0 Å². The van der Waals surface area contributed by atoms with E-state index in [0.29, 0.717) is 11.5 Å². The van der Waals surface area contributed by atoms with Crippen molar-refractivity contribution in [1.29, 1.82) is 0 Å². The average molecular weight is 431 g/mol. The van der Waals surface area contributed by atoms with Gasteiger partial charge in [0.15, 0.2) is 0 Å². The van der Waals surface area contributed by atoms with Gasteiger partial charge in [-0.3, -0.25) is 0 Å². The van der Waals surface area contributed by atoms with Gasteiger partial charge in [-0.1, -0.05) is 81.1 Å². The second-order valence-electron chi connectivity index (χ2n) is 10.4. The Morgan fingerprint density at radius 3 is 2.41 bits per heavy atom. The van der Waals surface area contributed by atoms with Gasteiger partial charge in [0.05, 0.1) is 5.56 Å². The summed E-state index contributed by atoms with van der Waals surface area (Å²) in [5.41, 5.74) is 3.83. The Labute approximate surface area is 195 Å². The van der Waals surface area contributed by atoms with Crippen molar-refractivity contribution < 1.29 is 4.39 Å². The predicted octanol–water partition coefficient (Wildman–Crippen LogP) is 8.80. The highest BCUT2D eigenvalue weighted by Gasteiger charge is 2.35. The first-order valence-corrected chi connectivity index (χ1v) is 13.0. The van der Waals surface area contributed by atoms with Gasteiger partial charge >= 0.3 is 0 Å². The molecule has 2 aromatic carbocycles. The summed E-state index contributed by atoms with van der Waals surface area (Å²) in [5.74, 6) is 9.22. The fourth-order valence-electron chi connectivity index (χ4n) is 6.07. The molecule has 0 amide bonds. The molecule has 32 heavy (non-hydrogen) atoms. The van der Waals surface area contributed by atoms with E-state index in [1.54, 1.807) is 6.07 Å². The topological polar surface area (TPSA) is 0 Å². The quantitative estimate of drug-likeness (QED) is 0.317. The lowest BCUT2D eigenvalue weighted by atomic mass is 9.63. The summed E-state index contributed by atoms with van der Waals surface area (Å²) in [4.78, 5) is 0. The molecule has 4 atom stereocenters. The molecule has 0 N–H and O–H groups in total. The summed E-state index contributed by atoms with van der Waals surface area (Å²) in [6.45, 7) is 4.35. The number of hydrogen-bond acceptors (Lipinski definition) is 0. The predicted molar refractivity (Wildman–Crippen MR) is 133 cm³/mol. The first-order chi connectivity index (χ1) is 15.6.